The topological polar surface area (TPSA) is 66.8 Å². The summed E-state index contributed by atoms with van der Waals surface area (Å²) >= 11 is 6.74. The van der Waals surface area contributed by atoms with Crippen LogP contribution in [0, 0.1) is 5.92 Å². The SMILES string of the molecule is O=C(O)C1CCN(C(=O)COc2c(Br)cccc2Br)CC1. The van der Waals surface area contributed by atoms with Crippen LogP contribution in [0.15, 0.2) is 27.1 Å². The Balaban J connectivity index is 1.87. The number of piperidine rings is 1. The van der Waals surface area contributed by atoms with Crippen molar-refractivity contribution in [2.75, 3.05) is 19.7 Å². The fourth-order valence-corrected chi connectivity index (χ4v) is 3.45. The molecule has 0 saturated carbocycles. The van der Waals surface area contributed by atoms with Crippen molar-refractivity contribution in [2.45, 2.75) is 12.8 Å². The van der Waals surface area contributed by atoms with Crippen molar-refractivity contribution in [3.8, 4) is 5.75 Å². The second kappa shape index (κ2) is 7.26. The first-order chi connectivity index (χ1) is 9.99. The molecule has 5 nitrogen and oxygen atoms in total. The van der Waals surface area contributed by atoms with Gasteiger partial charge in [0.15, 0.2) is 6.61 Å². The van der Waals surface area contributed by atoms with Gasteiger partial charge in [-0.15, -0.1) is 0 Å². The number of amides is 1. The number of benzene rings is 1. The van der Waals surface area contributed by atoms with Gasteiger partial charge in [-0.1, -0.05) is 6.07 Å². The largest absolute Gasteiger partial charge is 0.481 e. The second-order valence-corrected chi connectivity index (χ2v) is 6.54. The summed E-state index contributed by atoms with van der Waals surface area (Å²) in [5, 5.41) is 8.94. The number of hydrogen-bond acceptors (Lipinski definition) is 3. The molecule has 1 aromatic carbocycles. The standard InChI is InChI=1S/C14H15Br2NO4/c15-10-2-1-3-11(16)13(10)21-8-12(18)17-6-4-9(5-7-17)14(19)20/h1-3,9H,4-8H2,(H,19,20). The normalized spacial score (nSPS) is 15.8. The molecule has 2 rings (SSSR count). The van der Waals surface area contributed by atoms with Crippen LogP contribution in [-0.4, -0.2) is 41.6 Å². The molecule has 1 saturated heterocycles. The van der Waals surface area contributed by atoms with Gasteiger partial charge in [0.25, 0.3) is 5.91 Å². The van der Waals surface area contributed by atoms with E-state index in [2.05, 4.69) is 31.9 Å². The Labute approximate surface area is 139 Å². The molecule has 0 radical (unpaired) electrons. The minimum absolute atomic E-state index is 0.0566. The fourth-order valence-electron chi connectivity index (χ4n) is 2.22. The lowest BCUT2D eigenvalue weighted by atomic mass is 9.97. The molecule has 0 spiro atoms. The molecule has 0 aliphatic carbocycles. The van der Waals surface area contributed by atoms with Crippen molar-refractivity contribution in [2.24, 2.45) is 5.92 Å². The van der Waals surface area contributed by atoms with Gasteiger partial charge in [-0.3, -0.25) is 9.59 Å². The third-order valence-electron chi connectivity index (χ3n) is 3.46. The first kappa shape index (κ1) is 16.3. The van der Waals surface area contributed by atoms with E-state index < -0.39 is 5.97 Å². The Bertz CT molecular complexity index is 522. The molecular formula is C14H15Br2NO4. The number of carboxylic acids is 1. The van der Waals surface area contributed by atoms with E-state index in [-0.39, 0.29) is 18.4 Å². The molecule has 7 heteroatoms. The summed E-state index contributed by atoms with van der Waals surface area (Å²) in [5.74, 6) is -0.657. The van der Waals surface area contributed by atoms with E-state index in [9.17, 15) is 9.59 Å². The zero-order valence-electron chi connectivity index (χ0n) is 11.2. The van der Waals surface area contributed by atoms with Crippen LogP contribution in [0.2, 0.25) is 0 Å². The number of rotatable bonds is 4. The zero-order chi connectivity index (χ0) is 15.4. The maximum absolute atomic E-state index is 12.1. The molecule has 0 aromatic heterocycles. The molecule has 1 heterocycles. The van der Waals surface area contributed by atoms with E-state index in [1.165, 1.54) is 0 Å². The summed E-state index contributed by atoms with van der Waals surface area (Å²) in [6.07, 6.45) is 1.000. The van der Waals surface area contributed by atoms with Crippen LogP contribution in [0.3, 0.4) is 0 Å². The molecule has 1 N–H and O–H groups in total. The lowest BCUT2D eigenvalue weighted by molar-refractivity contribution is -0.146. The van der Waals surface area contributed by atoms with Crippen LogP contribution in [0.25, 0.3) is 0 Å². The van der Waals surface area contributed by atoms with Gasteiger partial charge in [0, 0.05) is 13.1 Å². The number of halogens is 2. The Morgan fingerprint density at radius 3 is 2.33 bits per heavy atom. The van der Waals surface area contributed by atoms with Crippen LogP contribution in [0.5, 0.6) is 5.75 Å². The van der Waals surface area contributed by atoms with Crippen molar-refractivity contribution in [3.05, 3.63) is 27.1 Å². The Morgan fingerprint density at radius 1 is 1.24 bits per heavy atom. The van der Waals surface area contributed by atoms with Gasteiger partial charge in [-0.2, -0.15) is 0 Å². The van der Waals surface area contributed by atoms with Gasteiger partial charge >= 0.3 is 5.97 Å². The second-order valence-electron chi connectivity index (χ2n) is 4.83. The summed E-state index contributed by atoms with van der Waals surface area (Å²) in [6.45, 7) is 0.880. The van der Waals surface area contributed by atoms with E-state index in [1.54, 1.807) is 4.90 Å². The lowest BCUT2D eigenvalue weighted by Gasteiger charge is -2.30. The van der Waals surface area contributed by atoms with Crippen LogP contribution >= 0.6 is 31.9 Å². The van der Waals surface area contributed by atoms with Crippen LogP contribution < -0.4 is 4.74 Å². The minimum Gasteiger partial charge on any atom is -0.481 e. The van der Waals surface area contributed by atoms with Gasteiger partial charge < -0.3 is 14.7 Å². The number of nitrogens with zero attached hydrogens (tertiary/aromatic N) is 1. The number of carbonyl (C=O) groups is 2. The quantitative estimate of drug-likeness (QED) is 0.813. The maximum Gasteiger partial charge on any atom is 0.306 e. The molecule has 114 valence electrons. The number of aliphatic carboxylic acids is 1. The van der Waals surface area contributed by atoms with E-state index in [0.717, 1.165) is 8.95 Å². The summed E-state index contributed by atoms with van der Waals surface area (Å²) < 4.78 is 7.10. The number of para-hydroxylation sites is 1. The van der Waals surface area contributed by atoms with E-state index in [0.29, 0.717) is 31.7 Å². The van der Waals surface area contributed by atoms with Crippen molar-refractivity contribution in [1.29, 1.82) is 0 Å². The third kappa shape index (κ3) is 4.20. The van der Waals surface area contributed by atoms with E-state index in [4.69, 9.17) is 9.84 Å². The zero-order valence-corrected chi connectivity index (χ0v) is 14.4. The van der Waals surface area contributed by atoms with Crippen molar-refractivity contribution < 1.29 is 19.4 Å². The number of carboxylic acid groups (broad SMARTS) is 1. The first-order valence-electron chi connectivity index (χ1n) is 6.56. The molecule has 1 aliphatic heterocycles. The lowest BCUT2D eigenvalue weighted by Crippen LogP contribution is -2.42. The molecule has 0 bridgehead atoms. The fraction of sp³-hybridized carbons (Fsp3) is 0.429. The average molecular weight is 421 g/mol. The van der Waals surface area contributed by atoms with Crippen LogP contribution in [-0.2, 0) is 9.59 Å². The Kier molecular flexibility index (Phi) is 5.64. The highest BCUT2D eigenvalue weighted by molar-refractivity contribution is 9.11. The number of hydrogen-bond donors (Lipinski definition) is 1. The molecule has 1 aromatic rings. The summed E-state index contributed by atoms with van der Waals surface area (Å²) in [7, 11) is 0. The summed E-state index contributed by atoms with van der Waals surface area (Å²) in [4.78, 5) is 24.6. The molecule has 21 heavy (non-hydrogen) atoms. The van der Waals surface area contributed by atoms with Gasteiger partial charge in [-0.25, -0.2) is 0 Å². The number of ether oxygens (including phenoxy) is 1. The molecule has 0 unspecified atom stereocenters. The highest BCUT2D eigenvalue weighted by Crippen LogP contribution is 2.33. The Morgan fingerprint density at radius 2 is 1.81 bits per heavy atom. The summed E-state index contributed by atoms with van der Waals surface area (Å²) in [6, 6.07) is 5.53. The van der Waals surface area contributed by atoms with Gasteiger partial charge in [0.2, 0.25) is 0 Å². The van der Waals surface area contributed by atoms with Gasteiger partial charge in [0.05, 0.1) is 14.9 Å². The predicted molar refractivity (Wildman–Crippen MR) is 84.3 cm³/mol. The van der Waals surface area contributed by atoms with Gasteiger partial charge in [0.1, 0.15) is 5.75 Å². The van der Waals surface area contributed by atoms with Crippen molar-refractivity contribution in [1.82, 2.24) is 4.90 Å². The summed E-state index contributed by atoms with van der Waals surface area (Å²) in [5.41, 5.74) is 0. The predicted octanol–water partition coefficient (Wildman–Crippen LogP) is 2.91. The monoisotopic (exact) mass is 419 g/mol. The van der Waals surface area contributed by atoms with Crippen molar-refractivity contribution >= 4 is 43.7 Å². The molecular weight excluding hydrogens is 406 g/mol. The van der Waals surface area contributed by atoms with Crippen LogP contribution in [0.4, 0.5) is 0 Å². The Hall–Kier alpha value is -1.08. The number of carbonyl (C=O) groups excluding carboxylic acids is 1. The minimum atomic E-state index is -0.782. The van der Waals surface area contributed by atoms with Gasteiger partial charge in [-0.05, 0) is 56.8 Å². The van der Waals surface area contributed by atoms with Crippen LogP contribution in [0.1, 0.15) is 12.8 Å². The third-order valence-corrected chi connectivity index (χ3v) is 4.70. The average Bonchev–Trinajstić information content (AvgIpc) is 2.46. The van der Waals surface area contributed by atoms with E-state index in [1.807, 2.05) is 18.2 Å². The van der Waals surface area contributed by atoms with E-state index >= 15 is 0 Å². The molecule has 1 aliphatic rings. The molecule has 0 atom stereocenters. The van der Waals surface area contributed by atoms with Crippen molar-refractivity contribution in [3.63, 3.8) is 0 Å². The first-order valence-corrected chi connectivity index (χ1v) is 8.15. The molecule has 1 fully saturated rings. The highest BCUT2D eigenvalue weighted by Gasteiger charge is 2.27. The number of likely N-dealkylation sites (tertiary alicyclic amines) is 1. The molecule has 1 amide bonds. The maximum atomic E-state index is 12.1. The smallest absolute Gasteiger partial charge is 0.306 e. The highest BCUT2D eigenvalue weighted by atomic mass is 79.9.